The van der Waals surface area contributed by atoms with E-state index in [4.69, 9.17) is 10.00 Å². The number of carbonyl (C=O) groups excluding carboxylic acids is 1. The van der Waals surface area contributed by atoms with Crippen molar-refractivity contribution < 1.29 is 9.53 Å². The van der Waals surface area contributed by atoms with Crippen molar-refractivity contribution in [2.24, 2.45) is 0 Å². The Morgan fingerprint density at radius 2 is 2.20 bits per heavy atom. The minimum Gasteiger partial charge on any atom is -0.370 e. The van der Waals surface area contributed by atoms with Crippen molar-refractivity contribution >= 4 is 11.6 Å². The number of amides is 1. The van der Waals surface area contributed by atoms with Gasteiger partial charge in [-0.05, 0) is 12.1 Å². The van der Waals surface area contributed by atoms with E-state index in [2.05, 4.69) is 6.07 Å². The van der Waals surface area contributed by atoms with Crippen LogP contribution in [0.4, 0.5) is 5.69 Å². The summed E-state index contributed by atoms with van der Waals surface area (Å²) >= 11 is 0. The number of anilines is 1. The molecular formula is C11H10N2O2. The molecule has 15 heavy (non-hydrogen) atoms. The molecule has 2 rings (SSSR count). The van der Waals surface area contributed by atoms with Gasteiger partial charge in [-0.2, -0.15) is 5.26 Å². The number of morpholine rings is 1. The largest absolute Gasteiger partial charge is 0.370 e. The summed E-state index contributed by atoms with van der Waals surface area (Å²) in [5.41, 5.74) is 1.20. The lowest BCUT2D eigenvalue weighted by Crippen LogP contribution is -2.42. The van der Waals surface area contributed by atoms with E-state index >= 15 is 0 Å². The third-order valence-electron chi connectivity index (χ3n) is 2.30. The van der Waals surface area contributed by atoms with Gasteiger partial charge in [0, 0.05) is 6.54 Å². The van der Waals surface area contributed by atoms with Crippen molar-refractivity contribution in [3.05, 3.63) is 29.8 Å². The van der Waals surface area contributed by atoms with Crippen molar-refractivity contribution in [1.29, 1.82) is 5.26 Å². The Bertz CT molecular complexity index is 423. The molecule has 0 radical (unpaired) electrons. The zero-order valence-electron chi connectivity index (χ0n) is 8.14. The highest BCUT2D eigenvalue weighted by Crippen LogP contribution is 2.20. The lowest BCUT2D eigenvalue weighted by atomic mass is 10.1. The van der Waals surface area contributed by atoms with Crippen LogP contribution in [0, 0.1) is 11.3 Å². The average molecular weight is 202 g/mol. The number of nitriles is 1. The summed E-state index contributed by atoms with van der Waals surface area (Å²) in [7, 11) is 0. The van der Waals surface area contributed by atoms with E-state index in [9.17, 15) is 4.79 Å². The molecule has 1 aliphatic rings. The Balaban J connectivity index is 2.36. The van der Waals surface area contributed by atoms with Crippen LogP contribution in [-0.4, -0.2) is 25.7 Å². The predicted octanol–water partition coefficient (Wildman–Crippen LogP) is 0.921. The van der Waals surface area contributed by atoms with Crippen LogP contribution in [0.1, 0.15) is 5.56 Å². The second-order valence-electron chi connectivity index (χ2n) is 3.23. The third-order valence-corrected chi connectivity index (χ3v) is 2.30. The molecule has 4 nitrogen and oxygen atoms in total. The molecule has 1 aromatic rings. The highest BCUT2D eigenvalue weighted by Gasteiger charge is 2.21. The second-order valence-corrected chi connectivity index (χ2v) is 3.23. The molecule has 4 heteroatoms. The van der Waals surface area contributed by atoms with Crippen LogP contribution < -0.4 is 4.90 Å². The summed E-state index contributed by atoms with van der Waals surface area (Å²) in [5, 5.41) is 8.92. The van der Waals surface area contributed by atoms with Gasteiger partial charge in [-0.1, -0.05) is 12.1 Å². The number of hydrogen-bond donors (Lipinski definition) is 0. The van der Waals surface area contributed by atoms with E-state index in [1.54, 1.807) is 23.1 Å². The maximum absolute atomic E-state index is 11.6. The van der Waals surface area contributed by atoms with Crippen molar-refractivity contribution in [3.8, 4) is 6.07 Å². The average Bonchev–Trinajstić information content (AvgIpc) is 2.30. The molecule has 0 aromatic heterocycles. The quantitative estimate of drug-likeness (QED) is 0.680. The first-order valence-corrected chi connectivity index (χ1v) is 4.70. The molecule has 0 aliphatic carbocycles. The third kappa shape index (κ3) is 1.83. The topological polar surface area (TPSA) is 53.3 Å². The first-order chi connectivity index (χ1) is 7.33. The summed E-state index contributed by atoms with van der Waals surface area (Å²) < 4.78 is 5.03. The number of hydrogen-bond acceptors (Lipinski definition) is 3. The van der Waals surface area contributed by atoms with Gasteiger partial charge in [-0.15, -0.1) is 0 Å². The maximum Gasteiger partial charge on any atom is 0.253 e. The van der Waals surface area contributed by atoms with Crippen LogP contribution >= 0.6 is 0 Å². The Hall–Kier alpha value is -1.86. The lowest BCUT2D eigenvalue weighted by Gasteiger charge is -2.27. The lowest BCUT2D eigenvalue weighted by molar-refractivity contribution is -0.125. The number of benzene rings is 1. The summed E-state index contributed by atoms with van der Waals surface area (Å²) in [4.78, 5) is 13.2. The number of ether oxygens (including phenoxy) is 1. The zero-order chi connectivity index (χ0) is 10.7. The molecule has 0 saturated carbocycles. The SMILES string of the molecule is N#Cc1ccccc1N1CCOCC1=O. The summed E-state index contributed by atoms with van der Waals surface area (Å²) in [5.74, 6) is -0.0936. The molecule has 0 N–H and O–H groups in total. The van der Waals surface area contributed by atoms with E-state index in [1.165, 1.54) is 0 Å². The second kappa shape index (κ2) is 4.11. The molecular weight excluding hydrogens is 192 g/mol. The van der Waals surface area contributed by atoms with Crippen molar-refractivity contribution in [2.45, 2.75) is 0 Å². The normalized spacial score (nSPS) is 16.2. The van der Waals surface area contributed by atoms with E-state index in [0.29, 0.717) is 24.4 Å². The fourth-order valence-corrected chi connectivity index (χ4v) is 1.58. The number of para-hydroxylation sites is 1. The first kappa shape index (κ1) is 9.69. The molecule has 0 spiro atoms. The van der Waals surface area contributed by atoms with Crippen molar-refractivity contribution in [3.63, 3.8) is 0 Å². The van der Waals surface area contributed by atoms with Gasteiger partial charge in [0.25, 0.3) is 5.91 Å². The molecule has 1 fully saturated rings. The molecule has 1 saturated heterocycles. The predicted molar refractivity (Wildman–Crippen MR) is 54.3 cm³/mol. The van der Waals surface area contributed by atoms with E-state index in [-0.39, 0.29) is 12.5 Å². The zero-order valence-corrected chi connectivity index (χ0v) is 8.14. The fourth-order valence-electron chi connectivity index (χ4n) is 1.58. The molecule has 1 amide bonds. The number of nitrogens with zero attached hydrogens (tertiary/aromatic N) is 2. The molecule has 1 aliphatic heterocycles. The van der Waals surface area contributed by atoms with Crippen LogP contribution in [0.15, 0.2) is 24.3 Å². The number of rotatable bonds is 1. The minimum absolute atomic E-state index is 0.0936. The van der Waals surface area contributed by atoms with Crippen LogP contribution in [-0.2, 0) is 9.53 Å². The fraction of sp³-hybridized carbons (Fsp3) is 0.273. The van der Waals surface area contributed by atoms with Gasteiger partial charge in [0.1, 0.15) is 12.7 Å². The standard InChI is InChI=1S/C11H10N2O2/c12-7-9-3-1-2-4-10(9)13-5-6-15-8-11(13)14/h1-4H,5-6,8H2. The van der Waals surface area contributed by atoms with Crippen LogP contribution in [0.2, 0.25) is 0 Å². The Morgan fingerprint density at radius 1 is 1.40 bits per heavy atom. The highest BCUT2D eigenvalue weighted by molar-refractivity contribution is 5.96. The van der Waals surface area contributed by atoms with Gasteiger partial charge < -0.3 is 9.64 Å². The molecule has 76 valence electrons. The highest BCUT2D eigenvalue weighted by atomic mass is 16.5. The van der Waals surface area contributed by atoms with Gasteiger partial charge in [-0.25, -0.2) is 0 Å². The first-order valence-electron chi connectivity index (χ1n) is 4.70. The van der Waals surface area contributed by atoms with Gasteiger partial charge >= 0.3 is 0 Å². The van der Waals surface area contributed by atoms with Crippen molar-refractivity contribution in [1.82, 2.24) is 0 Å². The van der Waals surface area contributed by atoms with Crippen LogP contribution in [0.25, 0.3) is 0 Å². The van der Waals surface area contributed by atoms with Gasteiger partial charge in [0.2, 0.25) is 0 Å². The molecule has 1 heterocycles. The minimum atomic E-state index is -0.0936. The summed E-state index contributed by atoms with van der Waals surface area (Å²) in [6.07, 6.45) is 0. The monoisotopic (exact) mass is 202 g/mol. The smallest absolute Gasteiger partial charge is 0.253 e. The molecule has 0 atom stereocenters. The summed E-state index contributed by atoms with van der Waals surface area (Å²) in [6.45, 7) is 1.13. The van der Waals surface area contributed by atoms with Crippen LogP contribution in [0.5, 0.6) is 0 Å². The number of carbonyl (C=O) groups is 1. The van der Waals surface area contributed by atoms with E-state index < -0.39 is 0 Å². The van der Waals surface area contributed by atoms with E-state index in [0.717, 1.165) is 0 Å². The van der Waals surface area contributed by atoms with Gasteiger partial charge in [-0.3, -0.25) is 4.79 Å². The maximum atomic E-state index is 11.6. The van der Waals surface area contributed by atoms with E-state index in [1.807, 2.05) is 6.07 Å². The molecule has 0 bridgehead atoms. The molecule has 1 aromatic carbocycles. The Morgan fingerprint density at radius 3 is 2.93 bits per heavy atom. The van der Waals surface area contributed by atoms with Gasteiger partial charge in [0.15, 0.2) is 0 Å². The molecule has 0 unspecified atom stereocenters. The van der Waals surface area contributed by atoms with Crippen molar-refractivity contribution in [2.75, 3.05) is 24.7 Å². The Labute approximate surface area is 87.7 Å². The van der Waals surface area contributed by atoms with Gasteiger partial charge in [0.05, 0.1) is 17.9 Å². The Kier molecular flexibility index (Phi) is 2.66. The summed E-state index contributed by atoms with van der Waals surface area (Å²) in [6, 6.07) is 9.17. The van der Waals surface area contributed by atoms with Crippen LogP contribution in [0.3, 0.4) is 0 Å².